The van der Waals surface area contributed by atoms with Crippen LogP contribution in [-0.2, 0) is 11.2 Å². The molecule has 4 nitrogen and oxygen atoms in total. The van der Waals surface area contributed by atoms with Crippen LogP contribution in [0.2, 0.25) is 0 Å². The number of aliphatic hydroxyl groups is 1. The molecule has 3 N–H and O–H groups in total. The number of fused-ring (bicyclic) bond motifs is 1. The van der Waals surface area contributed by atoms with Crippen molar-refractivity contribution in [3.8, 4) is 0 Å². The van der Waals surface area contributed by atoms with E-state index >= 15 is 0 Å². The maximum absolute atomic E-state index is 12.3. The van der Waals surface area contributed by atoms with Crippen molar-refractivity contribution in [1.29, 1.82) is 0 Å². The standard InChI is InChI=1S/C15H20N2O2/c1-9-7-16-8-12(9)15(19)17-14-11-5-3-2-4-10(11)6-13(14)18/h2-5,9,12-14,16,18H,6-8H2,1H3,(H,17,19)/t9-,12-,13-,14+/m1/s1. The molecule has 3 rings (SSSR count). The van der Waals surface area contributed by atoms with Crippen molar-refractivity contribution >= 4 is 5.91 Å². The zero-order valence-electron chi connectivity index (χ0n) is 11.1. The van der Waals surface area contributed by atoms with Crippen molar-refractivity contribution in [1.82, 2.24) is 10.6 Å². The van der Waals surface area contributed by atoms with Crippen LogP contribution in [0, 0.1) is 11.8 Å². The molecule has 2 aliphatic rings. The topological polar surface area (TPSA) is 61.4 Å². The average Bonchev–Trinajstić information content (AvgIpc) is 2.94. The third-order valence-corrected chi connectivity index (χ3v) is 4.36. The van der Waals surface area contributed by atoms with E-state index in [-0.39, 0.29) is 17.9 Å². The van der Waals surface area contributed by atoms with Crippen LogP contribution in [0.25, 0.3) is 0 Å². The van der Waals surface area contributed by atoms with Gasteiger partial charge in [0.1, 0.15) is 0 Å². The summed E-state index contributed by atoms with van der Waals surface area (Å²) in [6, 6.07) is 7.68. The molecule has 0 unspecified atom stereocenters. The van der Waals surface area contributed by atoms with Crippen LogP contribution in [0.4, 0.5) is 0 Å². The molecule has 1 amide bonds. The van der Waals surface area contributed by atoms with Gasteiger partial charge in [0.15, 0.2) is 0 Å². The number of carbonyl (C=O) groups is 1. The average molecular weight is 260 g/mol. The quantitative estimate of drug-likeness (QED) is 0.730. The van der Waals surface area contributed by atoms with Crippen LogP contribution < -0.4 is 10.6 Å². The van der Waals surface area contributed by atoms with Crippen LogP contribution >= 0.6 is 0 Å². The van der Waals surface area contributed by atoms with E-state index in [0.29, 0.717) is 12.3 Å². The summed E-state index contributed by atoms with van der Waals surface area (Å²) in [4.78, 5) is 12.3. The van der Waals surface area contributed by atoms with E-state index < -0.39 is 6.10 Å². The lowest BCUT2D eigenvalue weighted by Crippen LogP contribution is -2.39. The molecule has 4 atom stereocenters. The predicted molar refractivity (Wildman–Crippen MR) is 72.6 cm³/mol. The van der Waals surface area contributed by atoms with E-state index in [4.69, 9.17) is 0 Å². The molecule has 1 aliphatic heterocycles. The number of aliphatic hydroxyl groups excluding tert-OH is 1. The molecule has 0 saturated carbocycles. The summed E-state index contributed by atoms with van der Waals surface area (Å²) < 4.78 is 0. The zero-order valence-corrected chi connectivity index (χ0v) is 11.1. The molecule has 1 aromatic rings. The first kappa shape index (κ1) is 12.6. The first-order chi connectivity index (χ1) is 9.16. The minimum atomic E-state index is -0.508. The van der Waals surface area contributed by atoms with Crippen molar-refractivity contribution in [2.45, 2.75) is 25.5 Å². The van der Waals surface area contributed by atoms with Gasteiger partial charge in [0.25, 0.3) is 0 Å². The summed E-state index contributed by atoms with van der Waals surface area (Å²) in [5.74, 6) is 0.423. The van der Waals surface area contributed by atoms with E-state index in [1.807, 2.05) is 24.3 Å². The van der Waals surface area contributed by atoms with Crippen LogP contribution in [0.5, 0.6) is 0 Å². The maximum atomic E-state index is 12.3. The van der Waals surface area contributed by atoms with E-state index in [9.17, 15) is 9.90 Å². The molecule has 0 radical (unpaired) electrons. The molecule has 0 bridgehead atoms. The predicted octanol–water partition coefficient (Wildman–Crippen LogP) is 0.616. The molecule has 1 heterocycles. The number of hydrogen-bond acceptors (Lipinski definition) is 3. The molecule has 4 heteroatoms. The van der Waals surface area contributed by atoms with E-state index in [2.05, 4.69) is 17.6 Å². The van der Waals surface area contributed by atoms with E-state index in [0.717, 1.165) is 24.2 Å². The Balaban J connectivity index is 1.75. The Morgan fingerprint density at radius 1 is 1.37 bits per heavy atom. The molecule has 1 saturated heterocycles. The van der Waals surface area contributed by atoms with Gasteiger partial charge in [0.2, 0.25) is 5.91 Å². The van der Waals surface area contributed by atoms with Gasteiger partial charge in [-0.05, 0) is 23.6 Å². The molecule has 0 aromatic heterocycles. The van der Waals surface area contributed by atoms with Crippen molar-refractivity contribution in [2.75, 3.05) is 13.1 Å². The fraction of sp³-hybridized carbons (Fsp3) is 0.533. The van der Waals surface area contributed by atoms with E-state index in [1.165, 1.54) is 0 Å². The SMILES string of the molecule is C[C@@H]1CNC[C@H]1C(=O)N[C@H]1c2ccccc2C[C@H]1O. The summed E-state index contributed by atoms with van der Waals surface area (Å²) in [5, 5.41) is 16.4. The second-order valence-electron chi connectivity index (χ2n) is 5.70. The molecule has 0 spiro atoms. The van der Waals surface area contributed by atoms with Gasteiger partial charge in [-0.2, -0.15) is 0 Å². The third-order valence-electron chi connectivity index (χ3n) is 4.36. The minimum absolute atomic E-state index is 0.0139. The molecule has 1 aliphatic carbocycles. The van der Waals surface area contributed by atoms with Gasteiger partial charge in [0.05, 0.1) is 18.1 Å². The Morgan fingerprint density at radius 3 is 2.89 bits per heavy atom. The zero-order chi connectivity index (χ0) is 13.4. The van der Waals surface area contributed by atoms with Crippen molar-refractivity contribution in [3.05, 3.63) is 35.4 Å². The molecule has 19 heavy (non-hydrogen) atoms. The van der Waals surface area contributed by atoms with Gasteiger partial charge < -0.3 is 15.7 Å². The third kappa shape index (κ3) is 2.26. The summed E-state index contributed by atoms with van der Waals surface area (Å²) in [6.45, 7) is 3.71. The van der Waals surface area contributed by atoms with Gasteiger partial charge in [-0.3, -0.25) is 4.79 Å². The lowest BCUT2D eigenvalue weighted by molar-refractivity contribution is -0.126. The highest BCUT2D eigenvalue weighted by molar-refractivity contribution is 5.80. The molecular formula is C15H20N2O2. The highest BCUT2D eigenvalue weighted by Crippen LogP contribution is 2.31. The monoisotopic (exact) mass is 260 g/mol. The maximum Gasteiger partial charge on any atom is 0.225 e. The first-order valence-corrected chi connectivity index (χ1v) is 6.94. The van der Waals surface area contributed by atoms with Crippen molar-refractivity contribution in [3.63, 3.8) is 0 Å². The largest absolute Gasteiger partial charge is 0.390 e. The lowest BCUT2D eigenvalue weighted by Gasteiger charge is -2.21. The molecule has 1 fully saturated rings. The first-order valence-electron chi connectivity index (χ1n) is 6.94. The second-order valence-corrected chi connectivity index (χ2v) is 5.70. The number of rotatable bonds is 2. The summed E-state index contributed by atoms with van der Waals surface area (Å²) in [6.07, 6.45) is 0.116. The Morgan fingerprint density at radius 2 is 2.16 bits per heavy atom. The number of nitrogens with one attached hydrogen (secondary N) is 2. The van der Waals surface area contributed by atoms with Crippen LogP contribution in [0.15, 0.2) is 24.3 Å². The number of carbonyl (C=O) groups excluding carboxylic acids is 1. The smallest absolute Gasteiger partial charge is 0.225 e. The number of benzene rings is 1. The lowest BCUT2D eigenvalue weighted by atomic mass is 9.96. The Hall–Kier alpha value is -1.39. The Bertz CT molecular complexity index is 489. The van der Waals surface area contributed by atoms with Gasteiger partial charge >= 0.3 is 0 Å². The Labute approximate surface area is 113 Å². The van der Waals surface area contributed by atoms with E-state index in [1.54, 1.807) is 0 Å². The van der Waals surface area contributed by atoms with Crippen LogP contribution in [-0.4, -0.2) is 30.2 Å². The van der Waals surface area contributed by atoms with Crippen molar-refractivity contribution in [2.24, 2.45) is 11.8 Å². The molecule has 1 aromatic carbocycles. The van der Waals surface area contributed by atoms with Gasteiger partial charge in [0, 0.05) is 13.0 Å². The molecule has 102 valence electrons. The summed E-state index contributed by atoms with van der Waals surface area (Å²) in [5.41, 5.74) is 2.19. The summed E-state index contributed by atoms with van der Waals surface area (Å²) >= 11 is 0. The molecular weight excluding hydrogens is 240 g/mol. The number of hydrogen-bond donors (Lipinski definition) is 3. The van der Waals surface area contributed by atoms with Gasteiger partial charge in [-0.15, -0.1) is 0 Å². The highest BCUT2D eigenvalue weighted by Gasteiger charge is 2.36. The van der Waals surface area contributed by atoms with Gasteiger partial charge in [-0.25, -0.2) is 0 Å². The number of amides is 1. The fourth-order valence-corrected chi connectivity index (χ4v) is 3.17. The minimum Gasteiger partial charge on any atom is -0.390 e. The highest BCUT2D eigenvalue weighted by atomic mass is 16.3. The summed E-state index contributed by atoms with van der Waals surface area (Å²) in [7, 11) is 0. The normalized spacial score (nSPS) is 33.2. The van der Waals surface area contributed by atoms with Crippen LogP contribution in [0.1, 0.15) is 24.1 Å². The van der Waals surface area contributed by atoms with Gasteiger partial charge in [-0.1, -0.05) is 31.2 Å². The van der Waals surface area contributed by atoms with Crippen LogP contribution in [0.3, 0.4) is 0 Å². The van der Waals surface area contributed by atoms with Crippen molar-refractivity contribution < 1.29 is 9.90 Å². The Kier molecular flexibility index (Phi) is 3.29. The second kappa shape index (κ2) is 4.94. The fourth-order valence-electron chi connectivity index (χ4n) is 3.17.